The summed E-state index contributed by atoms with van der Waals surface area (Å²) >= 11 is 0. The first-order valence-corrected chi connectivity index (χ1v) is 5.71. The number of carboxylic acids is 1. The maximum atomic E-state index is 10.7. The average molecular weight is 238 g/mol. The van der Waals surface area contributed by atoms with Gasteiger partial charge in [-0.2, -0.15) is 0 Å². The van der Waals surface area contributed by atoms with Gasteiger partial charge in [0.05, 0.1) is 25.4 Å². The summed E-state index contributed by atoms with van der Waals surface area (Å²) in [5, 5.41) is 8.82. The first-order chi connectivity index (χ1) is 8.24. The third-order valence-electron chi connectivity index (χ3n) is 2.16. The Hall–Kier alpha value is -1.39. The first kappa shape index (κ1) is 13.7. The van der Waals surface area contributed by atoms with Crippen molar-refractivity contribution in [3.8, 4) is 0 Å². The highest BCUT2D eigenvalue weighted by atomic mass is 16.5. The number of rotatable bonds is 8. The Kier molecular flexibility index (Phi) is 6.29. The largest absolute Gasteiger partial charge is 0.478 e. The van der Waals surface area contributed by atoms with Crippen molar-refractivity contribution in [2.24, 2.45) is 0 Å². The van der Waals surface area contributed by atoms with E-state index in [0.717, 1.165) is 18.6 Å². The summed E-state index contributed by atoms with van der Waals surface area (Å²) in [4.78, 5) is 10.7. The molecule has 0 radical (unpaired) electrons. The summed E-state index contributed by atoms with van der Waals surface area (Å²) in [5.41, 5.74) is 1.15. The van der Waals surface area contributed by atoms with Crippen LogP contribution in [0.2, 0.25) is 0 Å². The molecule has 0 saturated carbocycles. The van der Waals surface area contributed by atoms with Crippen LogP contribution in [0.5, 0.6) is 0 Å². The Morgan fingerprint density at radius 1 is 1.24 bits per heavy atom. The van der Waals surface area contributed by atoms with E-state index in [0.29, 0.717) is 19.8 Å². The quantitative estimate of drug-likeness (QED) is 0.706. The zero-order chi connectivity index (χ0) is 12.5. The van der Waals surface area contributed by atoms with E-state index in [2.05, 4.69) is 6.92 Å². The van der Waals surface area contributed by atoms with Crippen LogP contribution in [-0.4, -0.2) is 30.9 Å². The highest BCUT2D eigenvalue weighted by Crippen LogP contribution is 2.06. The van der Waals surface area contributed by atoms with Crippen molar-refractivity contribution in [1.29, 1.82) is 0 Å². The lowest BCUT2D eigenvalue weighted by molar-refractivity contribution is 0.0408. The fraction of sp³-hybridized carbons (Fsp3) is 0.462. The summed E-state index contributed by atoms with van der Waals surface area (Å²) in [6, 6.07) is 6.75. The molecule has 4 nitrogen and oxygen atoms in total. The van der Waals surface area contributed by atoms with Gasteiger partial charge in [0.2, 0.25) is 0 Å². The van der Waals surface area contributed by atoms with Crippen molar-refractivity contribution in [1.82, 2.24) is 0 Å². The van der Waals surface area contributed by atoms with Crippen LogP contribution >= 0.6 is 0 Å². The van der Waals surface area contributed by atoms with E-state index in [1.54, 1.807) is 18.2 Å². The van der Waals surface area contributed by atoms with E-state index in [9.17, 15) is 4.79 Å². The standard InChI is InChI=1S/C13H18O4/c1-2-6-16-7-8-17-10-11-4-3-5-12(9-11)13(14)15/h3-5,9H,2,6-8,10H2,1H3,(H,14,15). The average Bonchev–Trinajstić information content (AvgIpc) is 2.34. The molecule has 94 valence electrons. The molecule has 0 aliphatic heterocycles. The summed E-state index contributed by atoms with van der Waals surface area (Å²) < 4.78 is 10.6. The Morgan fingerprint density at radius 3 is 2.71 bits per heavy atom. The second-order valence-corrected chi connectivity index (χ2v) is 3.67. The summed E-state index contributed by atoms with van der Waals surface area (Å²) in [6.07, 6.45) is 1.00. The van der Waals surface area contributed by atoms with Gasteiger partial charge in [-0.1, -0.05) is 19.1 Å². The molecule has 0 heterocycles. The van der Waals surface area contributed by atoms with Crippen molar-refractivity contribution >= 4 is 5.97 Å². The molecule has 1 N–H and O–H groups in total. The monoisotopic (exact) mass is 238 g/mol. The summed E-state index contributed by atoms with van der Waals surface area (Å²) in [6.45, 7) is 4.32. The predicted molar refractivity (Wildman–Crippen MR) is 64.2 cm³/mol. The number of hydrogen-bond donors (Lipinski definition) is 1. The third kappa shape index (κ3) is 5.47. The predicted octanol–water partition coefficient (Wildman–Crippen LogP) is 2.33. The number of hydrogen-bond acceptors (Lipinski definition) is 3. The molecule has 0 amide bonds. The summed E-state index contributed by atoms with van der Waals surface area (Å²) in [5.74, 6) is -0.918. The molecule has 0 atom stereocenters. The molecule has 17 heavy (non-hydrogen) atoms. The number of carboxylic acid groups (broad SMARTS) is 1. The van der Waals surface area contributed by atoms with Crippen molar-refractivity contribution < 1.29 is 19.4 Å². The van der Waals surface area contributed by atoms with Crippen LogP contribution in [0, 0.1) is 0 Å². The lowest BCUT2D eigenvalue weighted by atomic mass is 10.1. The molecule has 1 rings (SSSR count). The Balaban J connectivity index is 2.27. The van der Waals surface area contributed by atoms with Gasteiger partial charge in [0.1, 0.15) is 0 Å². The van der Waals surface area contributed by atoms with Crippen LogP contribution in [0.1, 0.15) is 29.3 Å². The minimum atomic E-state index is -0.918. The van der Waals surface area contributed by atoms with Gasteiger partial charge in [0.15, 0.2) is 0 Å². The van der Waals surface area contributed by atoms with Gasteiger partial charge in [-0.15, -0.1) is 0 Å². The number of carbonyl (C=O) groups is 1. The Labute approximate surface area is 101 Å². The minimum absolute atomic E-state index is 0.285. The molecular formula is C13H18O4. The van der Waals surface area contributed by atoms with E-state index in [-0.39, 0.29) is 5.56 Å². The van der Waals surface area contributed by atoms with Crippen LogP contribution < -0.4 is 0 Å². The zero-order valence-electron chi connectivity index (χ0n) is 10.0. The molecule has 0 aliphatic carbocycles. The van der Waals surface area contributed by atoms with Crippen LogP contribution in [0.4, 0.5) is 0 Å². The lowest BCUT2D eigenvalue weighted by Gasteiger charge is -2.05. The third-order valence-corrected chi connectivity index (χ3v) is 2.16. The van der Waals surface area contributed by atoms with Crippen molar-refractivity contribution in [3.05, 3.63) is 35.4 Å². The topological polar surface area (TPSA) is 55.8 Å². The van der Waals surface area contributed by atoms with Crippen molar-refractivity contribution in [2.75, 3.05) is 19.8 Å². The fourth-order valence-corrected chi connectivity index (χ4v) is 1.35. The van der Waals surface area contributed by atoms with E-state index in [1.165, 1.54) is 0 Å². The van der Waals surface area contributed by atoms with Crippen LogP contribution in [-0.2, 0) is 16.1 Å². The molecular weight excluding hydrogens is 220 g/mol. The van der Waals surface area contributed by atoms with E-state index in [4.69, 9.17) is 14.6 Å². The van der Waals surface area contributed by atoms with E-state index in [1.807, 2.05) is 6.07 Å². The Morgan fingerprint density at radius 2 is 2.00 bits per heavy atom. The van der Waals surface area contributed by atoms with Crippen LogP contribution in [0.25, 0.3) is 0 Å². The SMILES string of the molecule is CCCOCCOCc1cccc(C(=O)O)c1. The van der Waals surface area contributed by atoms with Gasteiger partial charge in [0.25, 0.3) is 0 Å². The van der Waals surface area contributed by atoms with Crippen LogP contribution in [0.15, 0.2) is 24.3 Å². The highest BCUT2D eigenvalue weighted by Gasteiger charge is 2.02. The maximum Gasteiger partial charge on any atom is 0.335 e. The zero-order valence-corrected chi connectivity index (χ0v) is 10.0. The molecule has 0 spiro atoms. The van der Waals surface area contributed by atoms with Gasteiger partial charge in [-0.05, 0) is 24.1 Å². The molecule has 0 saturated heterocycles. The second kappa shape index (κ2) is 7.81. The molecule has 1 aromatic rings. The number of aromatic carboxylic acids is 1. The van der Waals surface area contributed by atoms with E-state index < -0.39 is 5.97 Å². The molecule has 1 aromatic carbocycles. The molecule has 0 aromatic heterocycles. The Bertz CT molecular complexity index is 349. The van der Waals surface area contributed by atoms with Gasteiger partial charge in [-0.25, -0.2) is 4.79 Å². The fourth-order valence-electron chi connectivity index (χ4n) is 1.35. The van der Waals surface area contributed by atoms with Gasteiger partial charge in [0, 0.05) is 6.61 Å². The van der Waals surface area contributed by atoms with Crippen molar-refractivity contribution in [2.45, 2.75) is 20.0 Å². The molecule has 0 aliphatic rings. The minimum Gasteiger partial charge on any atom is -0.478 e. The highest BCUT2D eigenvalue weighted by molar-refractivity contribution is 5.87. The van der Waals surface area contributed by atoms with E-state index >= 15 is 0 Å². The lowest BCUT2D eigenvalue weighted by Crippen LogP contribution is -2.05. The normalized spacial score (nSPS) is 10.4. The summed E-state index contributed by atoms with van der Waals surface area (Å²) in [7, 11) is 0. The van der Waals surface area contributed by atoms with Gasteiger partial charge < -0.3 is 14.6 Å². The molecule has 0 bridgehead atoms. The second-order valence-electron chi connectivity index (χ2n) is 3.67. The number of benzene rings is 1. The molecule has 0 fully saturated rings. The van der Waals surface area contributed by atoms with Crippen LogP contribution in [0.3, 0.4) is 0 Å². The molecule has 0 unspecified atom stereocenters. The maximum absolute atomic E-state index is 10.7. The molecule has 4 heteroatoms. The number of ether oxygens (including phenoxy) is 2. The smallest absolute Gasteiger partial charge is 0.335 e. The van der Waals surface area contributed by atoms with Crippen molar-refractivity contribution in [3.63, 3.8) is 0 Å². The van der Waals surface area contributed by atoms with Gasteiger partial charge >= 0.3 is 5.97 Å². The van der Waals surface area contributed by atoms with Gasteiger partial charge in [-0.3, -0.25) is 0 Å². The first-order valence-electron chi connectivity index (χ1n) is 5.71.